The lowest BCUT2D eigenvalue weighted by Crippen LogP contribution is -2.40. The fraction of sp³-hybridized carbons (Fsp3) is 0.250. The van der Waals surface area contributed by atoms with Gasteiger partial charge in [-0.25, -0.2) is 5.48 Å². The van der Waals surface area contributed by atoms with Gasteiger partial charge in [-0.2, -0.15) is 0 Å². The second kappa shape index (κ2) is 3.87. The predicted molar refractivity (Wildman–Crippen MR) is 51.8 cm³/mol. The van der Waals surface area contributed by atoms with E-state index >= 15 is 0 Å². The molecule has 2 amide bonds. The summed E-state index contributed by atoms with van der Waals surface area (Å²) in [6.07, 6.45) is 1.20. The average Bonchev–Trinajstić information content (AvgIpc) is 2.60. The number of carbonyl (C=O) groups is 2. The van der Waals surface area contributed by atoms with Crippen LogP contribution in [0.2, 0.25) is 0 Å². The minimum atomic E-state index is -1.30. The molecule has 0 aromatic heterocycles. The van der Waals surface area contributed by atoms with E-state index in [0.717, 1.165) is 5.06 Å². The molecule has 1 fully saturated rings. The smallest absolute Gasteiger partial charge is 0.324 e. The molecule has 2 heterocycles. The standard InChI is InChI=1S/C8H8N4O5/c1-4(13)9-5-2-3-6(12(15)16)11-7(5)8(14)10-17-11/h2-3,6H,1H3,(H,9,13)(H,10,14). The second-order valence-corrected chi connectivity index (χ2v) is 3.35. The number of hydroxylamine groups is 3. The Morgan fingerprint density at radius 3 is 3.00 bits per heavy atom. The summed E-state index contributed by atoms with van der Waals surface area (Å²) in [5.41, 5.74) is 2.05. The Morgan fingerprint density at radius 1 is 1.71 bits per heavy atom. The van der Waals surface area contributed by atoms with Crippen molar-refractivity contribution in [3.63, 3.8) is 0 Å². The Hall–Kier alpha value is -2.42. The van der Waals surface area contributed by atoms with Gasteiger partial charge in [-0.05, 0) is 6.08 Å². The van der Waals surface area contributed by atoms with Crippen molar-refractivity contribution < 1.29 is 19.5 Å². The van der Waals surface area contributed by atoms with Crippen molar-refractivity contribution in [3.05, 3.63) is 33.7 Å². The van der Waals surface area contributed by atoms with E-state index in [1.165, 1.54) is 19.1 Å². The lowest BCUT2D eigenvalue weighted by Gasteiger charge is -2.21. The molecule has 1 atom stereocenters. The summed E-state index contributed by atoms with van der Waals surface area (Å²) >= 11 is 0. The number of fused-ring (bicyclic) bond motifs is 1. The average molecular weight is 240 g/mol. The second-order valence-electron chi connectivity index (χ2n) is 3.35. The molecule has 9 heteroatoms. The normalized spacial score (nSPS) is 22.3. The molecule has 2 rings (SSSR count). The number of carbonyl (C=O) groups excluding carboxylic acids is 2. The molecule has 2 N–H and O–H groups in total. The van der Waals surface area contributed by atoms with Gasteiger partial charge in [-0.3, -0.25) is 19.7 Å². The van der Waals surface area contributed by atoms with Gasteiger partial charge in [-0.1, -0.05) is 0 Å². The molecule has 90 valence electrons. The number of nitrogens with zero attached hydrogens (tertiary/aromatic N) is 2. The summed E-state index contributed by atoms with van der Waals surface area (Å²) in [6, 6.07) is 0. The molecule has 0 radical (unpaired) electrons. The fourth-order valence-corrected chi connectivity index (χ4v) is 1.50. The first kappa shape index (κ1) is 11.1. The lowest BCUT2D eigenvalue weighted by molar-refractivity contribution is -0.557. The highest BCUT2D eigenvalue weighted by molar-refractivity contribution is 5.95. The van der Waals surface area contributed by atoms with E-state index in [-0.39, 0.29) is 11.4 Å². The first-order chi connectivity index (χ1) is 8.00. The summed E-state index contributed by atoms with van der Waals surface area (Å²) in [5.74, 6) is -1.04. The number of hydrogen-bond acceptors (Lipinski definition) is 6. The Bertz CT molecular complexity index is 469. The van der Waals surface area contributed by atoms with Crippen LogP contribution in [0, 0.1) is 10.1 Å². The van der Waals surface area contributed by atoms with Crippen LogP contribution in [-0.4, -0.2) is 28.0 Å². The molecule has 1 unspecified atom stereocenters. The number of nitro groups is 1. The number of hydrogen-bond donors (Lipinski definition) is 2. The van der Waals surface area contributed by atoms with Crippen LogP contribution in [0.1, 0.15) is 6.92 Å². The molecule has 1 saturated heterocycles. The quantitative estimate of drug-likeness (QED) is 0.462. The SMILES string of the molecule is CC(=O)NC1=C2C(=O)NON2C([N+](=O)[O-])C=C1. The van der Waals surface area contributed by atoms with Crippen molar-refractivity contribution in [2.24, 2.45) is 0 Å². The van der Waals surface area contributed by atoms with Gasteiger partial charge in [0.1, 0.15) is 0 Å². The van der Waals surface area contributed by atoms with Crippen molar-refractivity contribution in [1.29, 1.82) is 0 Å². The molecule has 2 aliphatic rings. The monoisotopic (exact) mass is 240 g/mol. The third-order valence-corrected chi connectivity index (χ3v) is 2.13. The highest BCUT2D eigenvalue weighted by Gasteiger charge is 2.42. The van der Waals surface area contributed by atoms with Gasteiger partial charge < -0.3 is 5.32 Å². The zero-order valence-electron chi connectivity index (χ0n) is 8.67. The van der Waals surface area contributed by atoms with Crippen LogP contribution in [-0.2, 0) is 14.5 Å². The molecule has 0 saturated carbocycles. The molecule has 0 aromatic carbocycles. The number of amides is 2. The maximum Gasteiger partial charge on any atom is 0.330 e. The van der Waals surface area contributed by atoms with Gasteiger partial charge in [0.05, 0.1) is 10.6 Å². The van der Waals surface area contributed by atoms with Crippen molar-refractivity contribution in [2.45, 2.75) is 13.1 Å². The Morgan fingerprint density at radius 2 is 2.41 bits per heavy atom. The van der Waals surface area contributed by atoms with Crippen LogP contribution in [0.5, 0.6) is 0 Å². The third-order valence-electron chi connectivity index (χ3n) is 2.13. The first-order valence-electron chi connectivity index (χ1n) is 4.61. The summed E-state index contributed by atoms with van der Waals surface area (Å²) in [4.78, 5) is 37.1. The minimum absolute atomic E-state index is 0.0931. The van der Waals surface area contributed by atoms with Gasteiger partial charge in [-0.15, -0.1) is 10.0 Å². The Balaban J connectivity index is 2.38. The van der Waals surface area contributed by atoms with Crippen molar-refractivity contribution in [1.82, 2.24) is 15.9 Å². The fourth-order valence-electron chi connectivity index (χ4n) is 1.50. The van der Waals surface area contributed by atoms with E-state index in [2.05, 4.69) is 10.3 Å². The molecular formula is C8H8N4O5. The van der Waals surface area contributed by atoms with E-state index in [9.17, 15) is 19.7 Å². The maximum absolute atomic E-state index is 11.4. The van der Waals surface area contributed by atoms with Crippen LogP contribution < -0.4 is 10.8 Å². The molecule has 0 aromatic rings. The third kappa shape index (κ3) is 1.83. The zero-order valence-corrected chi connectivity index (χ0v) is 8.67. The largest absolute Gasteiger partial charge is 0.330 e. The first-order valence-corrected chi connectivity index (χ1v) is 4.61. The van der Waals surface area contributed by atoms with Crippen molar-refractivity contribution >= 4 is 11.8 Å². The van der Waals surface area contributed by atoms with Crippen LogP contribution in [0.3, 0.4) is 0 Å². The number of allylic oxidation sites excluding steroid dienone is 1. The molecule has 0 aliphatic carbocycles. The Kier molecular flexibility index (Phi) is 2.52. The van der Waals surface area contributed by atoms with Crippen LogP contribution in [0.25, 0.3) is 0 Å². The maximum atomic E-state index is 11.4. The van der Waals surface area contributed by atoms with Crippen molar-refractivity contribution in [2.75, 3.05) is 0 Å². The lowest BCUT2D eigenvalue weighted by atomic mass is 10.2. The van der Waals surface area contributed by atoms with Crippen molar-refractivity contribution in [3.8, 4) is 0 Å². The highest BCUT2D eigenvalue weighted by Crippen LogP contribution is 2.24. The van der Waals surface area contributed by atoms with Gasteiger partial charge in [0.25, 0.3) is 5.91 Å². The molecule has 0 bridgehead atoms. The minimum Gasteiger partial charge on any atom is -0.324 e. The van der Waals surface area contributed by atoms with Crippen LogP contribution in [0.15, 0.2) is 23.5 Å². The molecule has 17 heavy (non-hydrogen) atoms. The number of nitrogens with one attached hydrogen (secondary N) is 2. The summed E-state index contributed by atoms with van der Waals surface area (Å²) in [6.45, 7) is 1.26. The number of rotatable bonds is 2. The predicted octanol–water partition coefficient (Wildman–Crippen LogP) is -1.21. The van der Waals surface area contributed by atoms with Gasteiger partial charge >= 0.3 is 6.17 Å². The van der Waals surface area contributed by atoms with E-state index < -0.39 is 22.9 Å². The Labute approximate surface area is 94.8 Å². The van der Waals surface area contributed by atoms with E-state index in [4.69, 9.17) is 0 Å². The zero-order chi connectivity index (χ0) is 12.6. The van der Waals surface area contributed by atoms with E-state index in [0.29, 0.717) is 0 Å². The summed E-state index contributed by atoms with van der Waals surface area (Å²) in [7, 11) is 0. The van der Waals surface area contributed by atoms with Gasteiger partial charge in [0, 0.05) is 13.0 Å². The van der Waals surface area contributed by atoms with Crippen LogP contribution in [0.4, 0.5) is 0 Å². The summed E-state index contributed by atoms with van der Waals surface area (Å²) < 4.78 is 0. The summed E-state index contributed by atoms with van der Waals surface area (Å²) in [5, 5.41) is 13.9. The van der Waals surface area contributed by atoms with Crippen LogP contribution >= 0.6 is 0 Å². The molecular weight excluding hydrogens is 232 g/mol. The topological polar surface area (TPSA) is 114 Å². The molecule has 0 spiro atoms. The van der Waals surface area contributed by atoms with Gasteiger partial charge in [0.15, 0.2) is 5.70 Å². The molecule has 9 nitrogen and oxygen atoms in total. The van der Waals surface area contributed by atoms with E-state index in [1.807, 2.05) is 5.48 Å². The van der Waals surface area contributed by atoms with Gasteiger partial charge in [0.2, 0.25) is 5.91 Å². The molecule has 2 aliphatic heterocycles. The highest BCUT2D eigenvalue weighted by atomic mass is 16.8. The van der Waals surface area contributed by atoms with E-state index in [1.54, 1.807) is 0 Å².